The van der Waals surface area contributed by atoms with Crippen molar-refractivity contribution in [1.29, 1.82) is 0 Å². The van der Waals surface area contributed by atoms with Crippen molar-refractivity contribution >= 4 is 6.09 Å². The number of hydrogen-bond donors (Lipinski definition) is 0. The molecule has 2 aliphatic carbocycles. The number of hydrogen-bond acceptors (Lipinski definition) is 2. The molecular weight excluding hydrogens is 166 g/mol. The summed E-state index contributed by atoms with van der Waals surface area (Å²) in [6.07, 6.45) is 5.02. The summed E-state index contributed by atoms with van der Waals surface area (Å²) in [4.78, 5) is 13.2. The number of carbonyl (C=O) groups excluding carboxylic acids is 1. The van der Waals surface area contributed by atoms with Crippen molar-refractivity contribution in [3.05, 3.63) is 0 Å². The lowest BCUT2D eigenvalue weighted by Crippen LogP contribution is -2.34. The summed E-state index contributed by atoms with van der Waals surface area (Å²) < 4.78 is 4.76. The number of ether oxygens (including phenoxy) is 1. The van der Waals surface area contributed by atoms with Gasteiger partial charge in [0.15, 0.2) is 0 Å². The van der Waals surface area contributed by atoms with Crippen molar-refractivity contribution in [2.75, 3.05) is 20.2 Å². The molecule has 0 aromatic rings. The zero-order valence-corrected chi connectivity index (χ0v) is 8.16. The molecule has 74 valence electrons. The summed E-state index contributed by atoms with van der Waals surface area (Å²) in [7, 11) is 1.47. The maximum Gasteiger partial charge on any atom is 0.409 e. The normalized spacial score (nSPS) is 21.3. The second kappa shape index (κ2) is 3.56. The van der Waals surface area contributed by atoms with Crippen LogP contribution < -0.4 is 0 Å². The predicted octanol–water partition coefficient (Wildman–Crippen LogP) is 1.87. The van der Waals surface area contributed by atoms with Gasteiger partial charge < -0.3 is 9.64 Å². The summed E-state index contributed by atoms with van der Waals surface area (Å²) in [6, 6.07) is 0. The van der Waals surface area contributed by atoms with Gasteiger partial charge in [-0.1, -0.05) is 0 Å². The molecule has 0 unspecified atom stereocenters. The van der Waals surface area contributed by atoms with Gasteiger partial charge in [0.25, 0.3) is 0 Å². The Labute approximate surface area is 79.0 Å². The van der Waals surface area contributed by atoms with Crippen LogP contribution in [0.4, 0.5) is 4.79 Å². The van der Waals surface area contributed by atoms with Crippen LogP contribution in [-0.2, 0) is 4.74 Å². The second-order valence-corrected chi connectivity index (χ2v) is 4.26. The molecule has 0 heterocycles. The minimum atomic E-state index is -0.140. The van der Waals surface area contributed by atoms with Gasteiger partial charge in [-0.2, -0.15) is 0 Å². The first-order valence-electron chi connectivity index (χ1n) is 5.12. The Hall–Kier alpha value is -0.730. The van der Waals surface area contributed by atoms with Crippen LogP contribution in [0.15, 0.2) is 0 Å². The Balaban J connectivity index is 1.80. The summed E-state index contributed by atoms with van der Waals surface area (Å²) in [6.45, 7) is 1.84. The van der Waals surface area contributed by atoms with Crippen LogP contribution >= 0.6 is 0 Å². The van der Waals surface area contributed by atoms with Crippen LogP contribution in [-0.4, -0.2) is 31.2 Å². The molecule has 3 heteroatoms. The quantitative estimate of drug-likeness (QED) is 0.666. The monoisotopic (exact) mass is 183 g/mol. The van der Waals surface area contributed by atoms with Crippen molar-refractivity contribution in [1.82, 2.24) is 4.90 Å². The average molecular weight is 183 g/mol. The first-order valence-corrected chi connectivity index (χ1v) is 5.12. The number of methoxy groups -OCH3 is 1. The van der Waals surface area contributed by atoms with Crippen LogP contribution in [0, 0.1) is 11.8 Å². The molecule has 0 radical (unpaired) electrons. The van der Waals surface area contributed by atoms with E-state index in [1.807, 2.05) is 4.90 Å². The van der Waals surface area contributed by atoms with Gasteiger partial charge in [-0.05, 0) is 37.5 Å². The van der Waals surface area contributed by atoms with Crippen LogP contribution in [0.1, 0.15) is 25.7 Å². The first-order chi connectivity index (χ1) is 6.29. The summed E-state index contributed by atoms with van der Waals surface area (Å²) >= 11 is 0. The molecule has 3 nitrogen and oxygen atoms in total. The smallest absolute Gasteiger partial charge is 0.409 e. The van der Waals surface area contributed by atoms with Crippen LogP contribution in [0.3, 0.4) is 0 Å². The molecule has 2 aliphatic rings. The van der Waals surface area contributed by atoms with Gasteiger partial charge in [0.05, 0.1) is 7.11 Å². The van der Waals surface area contributed by atoms with E-state index in [4.69, 9.17) is 4.74 Å². The number of amides is 1. The molecule has 2 saturated carbocycles. The largest absolute Gasteiger partial charge is 0.453 e. The third-order valence-corrected chi connectivity index (χ3v) is 2.78. The van der Waals surface area contributed by atoms with Crippen LogP contribution in [0.25, 0.3) is 0 Å². The van der Waals surface area contributed by atoms with Gasteiger partial charge in [0, 0.05) is 13.1 Å². The molecule has 0 aromatic heterocycles. The van der Waals surface area contributed by atoms with E-state index < -0.39 is 0 Å². The van der Waals surface area contributed by atoms with Crippen molar-refractivity contribution in [2.45, 2.75) is 25.7 Å². The highest BCUT2D eigenvalue weighted by molar-refractivity contribution is 5.67. The number of nitrogens with zero attached hydrogens (tertiary/aromatic N) is 1. The molecule has 0 N–H and O–H groups in total. The Morgan fingerprint density at radius 2 is 1.69 bits per heavy atom. The van der Waals surface area contributed by atoms with Crippen LogP contribution in [0.5, 0.6) is 0 Å². The van der Waals surface area contributed by atoms with E-state index >= 15 is 0 Å². The molecule has 2 rings (SSSR count). The maximum absolute atomic E-state index is 11.3. The second-order valence-electron chi connectivity index (χ2n) is 4.26. The fourth-order valence-electron chi connectivity index (χ4n) is 1.58. The lowest BCUT2D eigenvalue weighted by atomic mass is 10.3. The van der Waals surface area contributed by atoms with Gasteiger partial charge in [-0.25, -0.2) is 4.79 Å². The average Bonchev–Trinajstić information content (AvgIpc) is 2.94. The SMILES string of the molecule is COC(=O)N(CC1CC1)CC1CC1. The zero-order valence-electron chi connectivity index (χ0n) is 8.16. The van der Waals surface area contributed by atoms with Gasteiger partial charge in [-0.3, -0.25) is 0 Å². The van der Waals surface area contributed by atoms with Crippen molar-refractivity contribution < 1.29 is 9.53 Å². The molecule has 13 heavy (non-hydrogen) atoms. The zero-order chi connectivity index (χ0) is 9.26. The van der Waals surface area contributed by atoms with Gasteiger partial charge >= 0.3 is 6.09 Å². The van der Waals surface area contributed by atoms with E-state index in [1.165, 1.54) is 32.8 Å². The predicted molar refractivity (Wildman–Crippen MR) is 49.4 cm³/mol. The molecule has 0 saturated heterocycles. The Kier molecular flexibility index (Phi) is 2.42. The summed E-state index contributed by atoms with van der Waals surface area (Å²) in [5, 5.41) is 0. The minimum Gasteiger partial charge on any atom is -0.453 e. The first kappa shape index (κ1) is 8.85. The highest BCUT2D eigenvalue weighted by atomic mass is 16.5. The molecule has 2 fully saturated rings. The van der Waals surface area contributed by atoms with Crippen LogP contribution in [0.2, 0.25) is 0 Å². The van der Waals surface area contributed by atoms with E-state index in [1.54, 1.807) is 0 Å². The lowest BCUT2D eigenvalue weighted by molar-refractivity contribution is 0.119. The number of rotatable bonds is 4. The third kappa shape index (κ3) is 2.61. The fourth-order valence-corrected chi connectivity index (χ4v) is 1.58. The molecule has 0 spiro atoms. The maximum atomic E-state index is 11.3. The highest BCUT2D eigenvalue weighted by Gasteiger charge is 2.31. The highest BCUT2D eigenvalue weighted by Crippen LogP contribution is 2.33. The van der Waals surface area contributed by atoms with Crippen molar-refractivity contribution in [3.63, 3.8) is 0 Å². The lowest BCUT2D eigenvalue weighted by Gasteiger charge is -2.20. The van der Waals surface area contributed by atoms with Crippen molar-refractivity contribution in [3.8, 4) is 0 Å². The molecule has 0 aliphatic heterocycles. The Bertz CT molecular complexity index is 183. The summed E-state index contributed by atoms with van der Waals surface area (Å²) in [5.74, 6) is 1.52. The minimum absolute atomic E-state index is 0.140. The molecule has 0 bridgehead atoms. The fraction of sp³-hybridized carbons (Fsp3) is 0.900. The Morgan fingerprint density at radius 1 is 1.23 bits per heavy atom. The topological polar surface area (TPSA) is 29.5 Å². The molecule has 0 atom stereocenters. The van der Waals surface area contributed by atoms with E-state index in [-0.39, 0.29) is 6.09 Å². The third-order valence-electron chi connectivity index (χ3n) is 2.78. The summed E-state index contributed by atoms with van der Waals surface area (Å²) in [5.41, 5.74) is 0. The van der Waals surface area contributed by atoms with Gasteiger partial charge in [-0.15, -0.1) is 0 Å². The molecule has 1 amide bonds. The van der Waals surface area contributed by atoms with Gasteiger partial charge in [0.1, 0.15) is 0 Å². The Morgan fingerprint density at radius 3 is 2.00 bits per heavy atom. The van der Waals surface area contributed by atoms with Gasteiger partial charge in [0.2, 0.25) is 0 Å². The van der Waals surface area contributed by atoms with Crippen molar-refractivity contribution in [2.24, 2.45) is 11.8 Å². The molecular formula is C10H17NO2. The van der Waals surface area contributed by atoms with E-state index in [9.17, 15) is 4.79 Å². The van der Waals surface area contributed by atoms with E-state index in [0.29, 0.717) is 0 Å². The van der Waals surface area contributed by atoms with E-state index in [0.717, 1.165) is 24.9 Å². The molecule has 0 aromatic carbocycles. The van der Waals surface area contributed by atoms with E-state index in [2.05, 4.69) is 0 Å². The standard InChI is InChI=1S/C10H17NO2/c1-13-10(12)11(6-8-2-3-8)7-9-4-5-9/h8-9H,2-7H2,1H3. The number of carbonyl (C=O) groups is 1.